The summed E-state index contributed by atoms with van der Waals surface area (Å²) in [7, 11) is 0. The van der Waals surface area contributed by atoms with Gasteiger partial charge < -0.3 is 0 Å². The highest BCUT2D eigenvalue weighted by Gasteiger charge is 2.25. The fraction of sp³-hybridized carbons (Fsp3) is 0.0606. The Morgan fingerprint density at radius 2 is 0.826 bits per heavy atom. The van der Waals surface area contributed by atoms with Gasteiger partial charge in [-0.1, -0.05) is 212 Å². The van der Waals surface area contributed by atoms with Crippen LogP contribution in [0.15, 0.2) is 255 Å². The van der Waals surface area contributed by atoms with Crippen LogP contribution < -0.4 is 0 Å². The first-order chi connectivity index (χ1) is 34.1. The molecule has 0 bridgehead atoms. The van der Waals surface area contributed by atoms with Crippen LogP contribution in [0.3, 0.4) is 0 Å². The molecule has 0 saturated heterocycles. The maximum Gasteiger partial charge on any atom is 0.0349 e. The molecule has 1 aliphatic rings. The van der Waals surface area contributed by atoms with Crippen molar-refractivity contribution in [1.82, 2.24) is 0 Å². The Labute approximate surface area is 419 Å². The Hall–Kier alpha value is -7.27. The lowest BCUT2D eigenvalue weighted by atomic mass is 9.78. The molecule has 0 spiro atoms. The van der Waals surface area contributed by atoms with Crippen molar-refractivity contribution in [3.8, 4) is 86.3 Å². The number of thioether (sulfide) groups is 1. The molecule has 69 heavy (non-hydrogen) atoms. The highest BCUT2D eigenvalue weighted by atomic mass is 32.2. The molecule has 0 aliphatic carbocycles. The van der Waals surface area contributed by atoms with Gasteiger partial charge in [-0.2, -0.15) is 0 Å². The highest BCUT2D eigenvalue weighted by molar-refractivity contribution is 8.08. The van der Waals surface area contributed by atoms with Crippen molar-refractivity contribution in [1.29, 1.82) is 0 Å². The van der Waals surface area contributed by atoms with E-state index in [0.29, 0.717) is 5.92 Å². The molecule has 332 valence electrons. The van der Waals surface area contributed by atoms with Crippen molar-refractivity contribution in [3.63, 3.8) is 0 Å². The summed E-state index contributed by atoms with van der Waals surface area (Å²) in [6.45, 7) is 6.24. The zero-order valence-electron chi connectivity index (χ0n) is 38.5. The Morgan fingerprint density at radius 3 is 1.29 bits per heavy atom. The minimum Gasteiger partial charge on any atom is -0.135 e. The predicted molar refractivity (Wildman–Crippen MR) is 305 cm³/mol. The third-order valence-corrected chi connectivity index (χ3v) is 16.7. The van der Waals surface area contributed by atoms with E-state index in [0.717, 1.165) is 12.2 Å². The summed E-state index contributed by atoms with van der Waals surface area (Å²) in [4.78, 5) is 6.35. The first kappa shape index (κ1) is 44.2. The van der Waals surface area contributed by atoms with E-state index in [1.165, 1.54) is 113 Å². The summed E-state index contributed by atoms with van der Waals surface area (Å²) in [6.07, 6.45) is 12.1. The van der Waals surface area contributed by atoms with Crippen LogP contribution in [0.5, 0.6) is 0 Å². The molecule has 3 heteroatoms. The molecular formula is C66H50S3. The molecule has 11 rings (SSSR count). The maximum absolute atomic E-state index is 4.16. The van der Waals surface area contributed by atoms with Gasteiger partial charge in [0.25, 0.3) is 0 Å². The molecule has 2 aromatic heterocycles. The van der Waals surface area contributed by atoms with Crippen LogP contribution in [0.25, 0.3) is 102 Å². The Bertz CT molecular complexity index is 3500. The van der Waals surface area contributed by atoms with Crippen LogP contribution in [0, 0.1) is 5.92 Å². The normalized spacial score (nSPS) is 13.1. The van der Waals surface area contributed by atoms with Gasteiger partial charge in [-0.15, -0.1) is 41.0 Å². The average molecular weight is 939 g/mol. The summed E-state index contributed by atoms with van der Waals surface area (Å²) < 4.78 is 0. The smallest absolute Gasteiger partial charge is 0.0349 e. The number of fused-ring (bicyclic) bond motifs is 1. The monoisotopic (exact) mass is 938 g/mol. The zero-order chi connectivity index (χ0) is 46.5. The lowest BCUT2D eigenvalue weighted by molar-refractivity contribution is 0.779. The van der Waals surface area contributed by atoms with Gasteiger partial charge in [0.15, 0.2) is 0 Å². The van der Waals surface area contributed by atoms with Crippen molar-refractivity contribution >= 4 is 50.1 Å². The topological polar surface area (TPSA) is 0 Å². The third kappa shape index (κ3) is 9.10. The SMILES string of the molecule is C=CC(C/C=C\C)C1=CC=C(c2ccc(-c3c(-c4ccccc4)c(-c4ccccc4)c(-c4ccc(-c5ccc(-c6ccccc6)s5)cc4)c4cc(-c5ccc(-c6ccccc6)s5)ccc34)cc2)SC1. The second-order valence-corrected chi connectivity index (χ2v) is 20.6. The second-order valence-electron chi connectivity index (χ2n) is 17.4. The van der Waals surface area contributed by atoms with E-state index in [1.807, 2.05) is 34.4 Å². The molecule has 3 heterocycles. The van der Waals surface area contributed by atoms with E-state index in [2.05, 4.69) is 256 Å². The van der Waals surface area contributed by atoms with Gasteiger partial charge in [-0.05, 0) is 133 Å². The molecule has 1 aliphatic heterocycles. The summed E-state index contributed by atoms with van der Waals surface area (Å²) in [5.41, 5.74) is 17.3. The van der Waals surface area contributed by atoms with Crippen LogP contribution in [0.1, 0.15) is 18.9 Å². The average Bonchev–Trinajstić information content (AvgIpc) is 4.14. The summed E-state index contributed by atoms with van der Waals surface area (Å²) >= 11 is 5.63. The number of rotatable bonds is 13. The van der Waals surface area contributed by atoms with Gasteiger partial charge >= 0.3 is 0 Å². The fourth-order valence-electron chi connectivity index (χ4n) is 9.66. The Balaban J connectivity index is 1.12. The lowest BCUT2D eigenvalue weighted by Crippen LogP contribution is -2.05. The molecule has 1 unspecified atom stereocenters. The molecular weight excluding hydrogens is 889 g/mol. The first-order valence-electron chi connectivity index (χ1n) is 23.7. The van der Waals surface area contributed by atoms with Crippen molar-refractivity contribution in [2.75, 3.05) is 5.75 Å². The summed E-state index contributed by atoms with van der Waals surface area (Å²) in [5.74, 6) is 1.33. The number of hydrogen-bond donors (Lipinski definition) is 0. The number of benzene rings is 8. The summed E-state index contributed by atoms with van der Waals surface area (Å²) in [5, 5.41) is 2.46. The molecule has 10 aromatic rings. The Morgan fingerprint density at radius 1 is 0.420 bits per heavy atom. The highest BCUT2D eigenvalue weighted by Crippen LogP contribution is 2.52. The quantitative estimate of drug-likeness (QED) is 0.104. The number of allylic oxidation sites excluding steroid dienone is 5. The molecule has 1 atom stereocenters. The summed E-state index contributed by atoms with van der Waals surface area (Å²) in [6, 6.07) is 78.5. The number of thiophene rings is 2. The minimum absolute atomic E-state index is 0.360. The fourth-order valence-corrected chi connectivity index (χ4v) is 12.8. The second kappa shape index (κ2) is 20.1. The van der Waals surface area contributed by atoms with E-state index in [-0.39, 0.29) is 0 Å². The molecule has 8 aromatic carbocycles. The van der Waals surface area contributed by atoms with Crippen molar-refractivity contribution in [2.24, 2.45) is 5.92 Å². The van der Waals surface area contributed by atoms with E-state index < -0.39 is 0 Å². The molecule has 0 N–H and O–H groups in total. The van der Waals surface area contributed by atoms with Gasteiger partial charge in [-0.3, -0.25) is 0 Å². The van der Waals surface area contributed by atoms with E-state index in [9.17, 15) is 0 Å². The minimum atomic E-state index is 0.360. The maximum atomic E-state index is 4.16. The molecule has 0 nitrogen and oxygen atoms in total. The van der Waals surface area contributed by atoms with Gasteiger partial charge in [0, 0.05) is 36.1 Å². The van der Waals surface area contributed by atoms with E-state index in [1.54, 1.807) is 0 Å². The van der Waals surface area contributed by atoms with Crippen LogP contribution in [0.4, 0.5) is 0 Å². The molecule has 0 radical (unpaired) electrons. The van der Waals surface area contributed by atoms with E-state index in [4.69, 9.17) is 0 Å². The molecule has 0 amide bonds. The number of hydrogen-bond acceptors (Lipinski definition) is 3. The van der Waals surface area contributed by atoms with E-state index >= 15 is 0 Å². The van der Waals surface area contributed by atoms with Gasteiger partial charge in [-0.25, -0.2) is 0 Å². The first-order valence-corrected chi connectivity index (χ1v) is 26.3. The standard InChI is InChI=1S/C66H50S3/c1-3-5-18-45(4-2)55-36-38-58(67-44-55)48-27-31-52(32-28-48)63-56-37-35-54(62-42-41-60(69-62)47-21-12-7-13-22-47)43-57(56)64(66(51-25-16-9-17-26-51)65(63)50-23-14-8-15-24-50)53-33-29-49(30-34-53)61-40-39-59(68-61)46-19-10-6-11-20-46/h3-17,19-43,45H,2,18,44H2,1H3/b5-3-. The van der Waals surface area contributed by atoms with Crippen LogP contribution in [-0.4, -0.2) is 5.75 Å². The van der Waals surface area contributed by atoms with Crippen LogP contribution in [-0.2, 0) is 0 Å². The van der Waals surface area contributed by atoms with Gasteiger partial charge in [0.05, 0.1) is 0 Å². The van der Waals surface area contributed by atoms with Crippen molar-refractivity contribution in [3.05, 3.63) is 260 Å². The Kier molecular flexibility index (Phi) is 12.9. The molecule has 0 fully saturated rings. The van der Waals surface area contributed by atoms with Crippen LogP contribution in [0.2, 0.25) is 0 Å². The lowest BCUT2D eigenvalue weighted by Gasteiger charge is -2.25. The van der Waals surface area contributed by atoms with Crippen molar-refractivity contribution < 1.29 is 0 Å². The molecule has 0 saturated carbocycles. The largest absolute Gasteiger partial charge is 0.135 e. The van der Waals surface area contributed by atoms with Gasteiger partial charge in [0.1, 0.15) is 0 Å². The zero-order valence-corrected chi connectivity index (χ0v) is 41.0. The van der Waals surface area contributed by atoms with Crippen LogP contribution >= 0.6 is 34.4 Å². The van der Waals surface area contributed by atoms with Gasteiger partial charge in [0.2, 0.25) is 0 Å². The van der Waals surface area contributed by atoms with Crippen molar-refractivity contribution in [2.45, 2.75) is 13.3 Å². The third-order valence-electron chi connectivity index (χ3n) is 13.2. The predicted octanol–water partition coefficient (Wildman–Crippen LogP) is 20.1.